The molecule has 3 aliphatic heterocycles. The summed E-state index contributed by atoms with van der Waals surface area (Å²) in [5.41, 5.74) is 2.56. The maximum absolute atomic E-state index is 5.84. The lowest BCUT2D eigenvalue weighted by molar-refractivity contribution is 0.165. The number of likely N-dealkylation sites (N-methyl/N-ethyl adjacent to an activating group) is 1. The zero-order chi connectivity index (χ0) is 17.8. The predicted octanol–water partition coefficient (Wildman–Crippen LogP) is 3.57. The van der Waals surface area contributed by atoms with Crippen molar-refractivity contribution < 1.29 is 9.47 Å². The molecule has 4 nitrogen and oxygen atoms in total. The highest BCUT2D eigenvalue weighted by molar-refractivity contribution is 5.43. The Morgan fingerprint density at radius 3 is 2.72 bits per heavy atom. The van der Waals surface area contributed by atoms with E-state index in [9.17, 15) is 0 Å². The number of rotatable bonds is 6. The number of nitrogens with zero attached hydrogens (tertiary/aromatic N) is 2. The van der Waals surface area contributed by atoms with E-state index < -0.39 is 0 Å². The quantitative estimate of drug-likeness (QED) is 0.737. The maximum atomic E-state index is 5.84. The second kappa shape index (κ2) is 8.24. The summed E-state index contributed by atoms with van der Waals surface area (Å²) in [6.45, 7) is 9.37. The minimum atomic E-state index is 0.583. The number of ether oxygens (including phenoxy) is 2. The van der Waals surface area contributed by atoms with Crippen molar-refractivity contribution in [3.63, 3.8) is 0 Å². The van der Waals surface area contributed by atoms with Gasteiger partial charge in [0.15, 0.2) is 11.5 Å². The van der Waals surface area contributed by atoms with E-state index in [1.54, 1.807) is 7.11 Å². The number of hydrogen-bond donors (Lipinski definition) is 0. The van der Waals surface area contributed by atoms with Crippen molar-refractivity contribution >= 4 is 0 Å². The Balaban J connectivity index is 1.65. The molecule has 0 unspecified atom stereocenters. The van der Waals surface area contributed by atoms with Crippen LogP contribution in [0.2, 0.25) is 0 Å². The molecular weight excluding hydrogens is 312 g/mol. The minimum Gasteiger partial charge on any atom is -0.493 e. The molecule has 0 aliphatic carbocycles. The lowest BCUT2D eigenvalue weighted by Gasteiger charge is -2.32. The fourth-order valence-electron chi connectivity index (χ4n) is 4.03. The average molecular weight is 344 g/mol. The first kappa shape index (κ1) is 18.3. The largest absolute Gasteiger partial charge is 0.493 e. The topological polar surface area (TPSA) is 24.9 Å². The Bertz CT molecular complexity index is 610. The molecule has 0 radical (unpaired) electrons. The van der Waals surface area contributed by atoms with E-state index in [4.69, 9.17) is 9.47 Å². The molecule has 4 heteroatoms. The molecule has 1 aromatic rings. The summed E-state index contributed by atoms with van der Waals surface area (Å²) < 4.78 is 11.4. The molecular formula is C21H32N2O2. The van der Waals surface area contributed by atoms with E-state index in [2.05, 4.69) is 48.9 Å². The van der Waals surface area contributed by atoms with Crippen LogP contribution in [0.3, 0.4) is 0 Å². The molecule has 0 saturated carbocycles. The van der Waals surface area contributed by atoms with E-state index in [0.29, 0.717) is 12.6 Å². The van der Waals surface area contributed by atoms with Crippen molar-refractivity contribution in [2.24, 2.45) is 5.92 Å². The van der Waals surface area contributed by atoms with Crippen LogP contribution in [-0.4, -0.2) is 56.2 Å². The van der Waals surface area contributed by atoms with Crippen LogP contribution in [0.15, 0.2) is 29.8 Å². The number of piperidine rings is 1. The van der Waals surface area contributed by atoms with Crippen molar-refractivity contribution in [1.29, 1.82) is 0 Å². The van der Waals surface area contributed by atoms with Gasteiger partial charge in [-0.05, 0) is 63.4 Å². The fraction of sp³-hybridized carbons (Fsp3) is 0.619. The Morgan fingerprint density at radius 2 is 2.00 bits per heavy atom. The van der Waals surface area contributed by atoms with Gasteiger partial charge in [-0.15, -0.1) is 0 Å². The minimum absolute atomic E-state index is 0.583. The van der Waals surface area contributed by atoms with Crippen LogP contribution in [0.25, 0.3) is 0 Å². The lowest BCUT2D eigenvalue weighted by atomic mass is 9.96. The second-order valence-corrected chi connectivity index (χ2v) is 7.81. The third kappa shape index (κ3) is 4.77. The van der Waals surface area contributed by atoms with Gasteiger partial charge in [-0.25, -0.2) is 0 Å². The second-order valence-electron chi connectivity index (χ2n) is 7.81. The molecule has 3 heterocycles. The number of allylic oxidation sites excluding steroid dienone is 1. The zero-order valence-electron chi connectivity index (χ0n) is 16.1. The summed E-state index contributed by atoms with van der Waals surface area (Å²) in [4.78, 5) is 5.17. The molecule has 1 aromatic carbocycles. The van der Waals surface area contributed by atoms with E-state index >= 15 is 0 Å². The molecule has 138 valence electrons. The smallest absolute Gasteiger partial charge is 0.161 e. The van der Waals surface area contributed by atoms with Gasteiger partial charge >= 0.3 is 0 Å². The first-order valence-corrected chi connectivity index (χ1v) is 9.41. The number of methoxy groups -OCH3 is 1. The Kier molecular flexibility index (Phi) is 6.02. The van der Waals surface area contributed by atoms with E-state index in [1.165, 1.54) is 43.6 Å². The van der Waals surface area contributed by atoms with Crippen LogP contribution in [0.4, 0.5) is 0 Å². The van der Waals surface area contributed by atoms with Gasteiger partial charge in [-0.2, -0.15) is 0 Å². The molecule has 2 atom stereocenters. The van der Waals surface area contributed by atoms with Crippen molar-refractivity contribution in [3.8, 4) is 11.5 Å². The monoisotopic (exact) mass is 344 g/mol. The maximum Gasteiger partial charge on any atom is 0.161 e. The van der Waals surface area contributed by atoms with E-state index in [-0.39, 0.29) is 0 Å². The summed E-state index contributed by atoms with van der Waals surface area (Å²) in [7, 11) is 4.00. The molecule has 0 amide bonds. The first-order chi connectivity index (χ1) is 12.0. The molecule has 3 saturated heterocycles. The van der Waals surface area contributed by atoms with Gasteiger partial charge in [0.05, 0.1) is 7.11 Å². The molecule has 3 aliphatic rings. The van der Waals surface area contributed by atoms with Crippen molar-refractivity contribution in [2.45, 2.75) is 39.3 Å². The van der Waals surface area contributed by atoms with Gasteiger partial charge in [0.2, 0.25) is 0 Å². The van der Waals surface area contributed by atoms with Gasteiger partial charge in [0, 0.05) is 32.2 Å². The van der Waals surface area contributed by atoms with E-state index in [1.807, 2.05) is 6.07 Å². The van der Waals surface area contributed by atoms with Crippen LogP contribution >= 0.6 is 0 Å². The third-order valence-corrected chi connectivity index (χ3v) is 5.43. The lowest BCUT2D eigenvalue weighted by Crippen LogP contribution is -2.40. The summed E-state index contributed by atoms with van der Waals surface area (Å²) in [5.74, 6) is 2.46. The number of hydrogen-bond acceptors (Lipinski definition) is 4. The highest BCUT2D eigenvalue weighted by atomic mass is 16.5. The summed E-state index contributed by atoms with van der Waals surface area (Å²) >= 11 is 0. The highest BCUT2D eigenvalue weighted by Crippen LogP contribution is 2.31. The molecule has 25 heavy (non-hydrogen) atoms. The van der Waals surface area contributed by atoms with Crippen molar-refractivity contribution in [2.75, 3.05) is 40.4 Å². The highest BCUT2D eigenvalue weighted by Gasteiger charge is 2.32. The molecule has 3 fully saturated rings. The van der Waals surface area contributed by atoms with E-state index in [0.717, 1.165) is 24.0 Å². The molecule has 4 rings (SSSR count). The van der Waals surface area contributed by atoms with Gasteiger partial charge in [-0.1, -0.05) is 11.6 Å². The summed E-state index contributed by atoms with van der Waals surface area (Å²) in [6.07, 6.45) is 4.81. The number of fused-ring (bicyclic) bond motifs is 4. The molecule has 2 bridgehead atoms. The fourth-order valence-corrected chi connectivity index (χ4v) is 4.03. The van der Waals surface area contributed by atoms with Gasteiger partial charge in [0.25, 0.3) is 0 Å². The zero-order valence-corrected chi connectivity index (χ0v) is 16.1. The normalized spacial score (nSPS) is 24.0. The van der Waals surface area contributed by atoms with Gasteiger partial charge < -0.3 is 14.4 Å². The Morgan fingerprint density at radius 1 is 1.16 bits per heavy atom. The predicted molar refractivity (Wildman–Crippen MR) is 102 cm³/mol. The van der Waals surface area contributed by atoms with Crippen LogP contribution < -0.4 is 9.47 Å². The standard InChI is InChI=1S/C21H32N2O2/c1-16(2)9-10-25-20-8-6-17(11-21(20)24-4)13-23-14-18-5-7-19(15-23)22(3)12-18/h6,8-9,11,18-19H,5,7,10,12-15H2,1-4H3/t18-,19-/m0/s1. The average Bonchev–Trinajstić information content (AvgIpc) is 2.85. The van der Waals surface area contributed by atoms with Crippen LogP contribution in [0.1, 0.15) is 32.3 Å². The summed E-state index contributed by atoms with van der Waals surface area (Å²) in [5, 5.41) is 0. The molecule has 0 spiro atoms. The Hall–Kier alpha value is -1.52. The molecule has 0 N–H and O–H groups in total. The van der Waals surface area contributed by atoms with Gasteiger partial charge in [-0.3, -0.25) is 4.90 Å². The first-order valence-electron chi connectivity index (χ1n) is 9.41. The third-order valence-electron chi connectivity index (χ3n) is 5.43. The Labute approximate surface area is 152 Å². The summed E-state index contributed by atoms with van der Waals surface area (Å²) in [6, 6.07) is 7.07. The van der Waals surface area contributed by atoms with Crippen molar-refractivity contribution in [1.82, 2.24) is 9.80 Å². The SMILES string of the molecule is COc1cc(CN2C[C@H]3CC[C@@H](C2)N(C)C3)ccc1OCC=C(C)C. The number of benzene rings is 1. The molecule has 0 aromatic heterocycles. The van der Waals surface area contributed by atoms with Crippen LogP contribution in [0.5, 0.6) is 11.5 Å². The van der Waals surface area contributed by atoms with Crippen LogP contribution in [0, 0.1) is 5.92 Å². The van der Waals surface area contributed by atoms with Crippen LogP contribution in [-0.2, 0) is 6.54 Å². The van der Waals surface area contributed by atoms with Crippen molar-refractivity contribution in [3.05, 3.63) is 35.4 Å². The van der Waals surface area contributed by atoms with Gasteiger partial charge in [0.1, 0.15) is 6.61 Å².